The van der Waals surface area contributed by atoms with Crippen LogP contribution in [0.25, 0.3) is 61.1 Å². The minimum Gasteiger partial charge on any atom is -0.443 e. The van der Waals surface area contributed by atoms with Crippen LogP contribution < -0.4 is 52.4 Å². The van der Waals surface area contributed by atoms with Crippen LogP contribution in [-0.4, -0.2) is 64.8 Å². The van der Waals surface area contributed by atoms with Crippen LogP contribution in [0.1, 0.15) is 43.0 Å². The van der Waals surface area contributed by atoms with Crippen LogP contribution in [0.2, 0.25) is 0 Å². The summed E-state index contributed by atoms with van der Waals surface area (Å²) in [5.41, 5.74) is 8.10. The zero-order valence-electron chi connectivity index (χ0n) is 79.0. The molecule has 20 aromatic rings. The number of pyridine rings is 18. The van der Waals surface area contributed by atoms with Crippen molar-refractivity contribution < 1.29 is 144 Å². The van der Waals surface area contributed by atoms with Gasteiger partial charge in [0.15, 0.2) is 5.69 Å². The minimum absolute atomic E-state index is 0. The van der Waals surface area contributed by atoms with Gasteiger partial charge < -0.3 is 74.8 Å². The number of hydrogen-bond acceptors (Lipinski definition) is 18. The van der Waals surface area contributed by atoms with Gasteiger partial charge in [0.1, 0.15) is 35.7 Å². The Balaban J connectivity index is 0.000000252. The van der Waals surface area contributed by atoms with Gasteiger partial charge in [0.2, 0.25) is 0 Å². The zero-order valence-corrected chi connectivity index (χ0v) is 91.0. The van der Waals surface area contributed by atoms with Crippen molar-refractivity contribution in [1.82, 2.24) is 89.7 Å². The summed E-state index contributed by atoms with van der Waals surface area (Å²) in [7, 11) is 0. The topological polar surface area (TPSA) is 304 Å². The van der Waals surface area contributed by atoms with E-state index in [9.17, 15) is 43.9 Å². The first-order valence-electron chi connectivity index (χ1n) is 43.1. The normalized spacial score (nSPS) is 10.6. The second-order valence-corrected chi connectivity index (χ2v) is 29.9. The Morgan fingerprint density at radius 3 is 0.812 bits per heavy atom. The zero-order chi connectivity index (χ0) is 102. The second kappa shape index (κ2) is 65.6. The molecule has 0 fully saturated rings. The third-order valence-electron chi connectivity index (χ3n) is 18.3. The van der Waals surface area contributed by atoms with E-state index in [1.807, 2.05) is 208 Å². The summed E-state index contributed by atoms with van der Waals surface area (Å²) in [6.07, 6.45) is 24.9. The Kier molecular flexibility index (Phi) is 53.7. The van der Waals surface area contributed by atoms with Crippen LogP contribution in [0.4, 0.5) is 78.7 Å². The molecule has 5 radical (unpaired) electrons. The number of aryl methyl sites for hydroxylation is 2. The minimum atomic E-state index is -0.922. The van der Waals surface area contributed by atoms with E-state index in [1.54, 1.807) is 141 Å². The van der Waals surface area contributed by atoms with E-state index in [-0.39, 0.29) is 139 Å². The Hall–Kier alpha value is -15.8. The fraction of sp³-hybridized carbons (Fsp3) is 0.0636. The molecule has 149 heavy (non-hydrogen) atoms. The van der Waals surface area contributed by atoms with Crippen molar-refractivity contribution in [3.8, 4) is 56.3 Å². The molecule has 0 saturated carbocycles. The Bertz CT molecular complexity index is 7280. The molecule has 2 aromatic carbocycles. The third-order valence-corrected chi connectivity index (χ3v) is 18.3. The maximum absolute atomic E-state index is 13.8. The molecule has 0 saturated heterocycles. The molecule has 765 valence electrons. The predicted molar refractivity (Wildman–Crippen MR) is 521 cm³/mol. The first-order valence-corrected chi connectivity index (χ1v) is 43.1. The van der Waals surface area contributed by atoms with E-state index in [4.69, 9.17) is 6.57 Å². The van der Waals surface area contributed by atoms with E-state index >= 15 is 0 Å². The number of hydrogen-bond donors (Lipinski definition) is 0. The monoisotopic (exact) mass is 2890 g/mol. The SMILES string of the molecule is CC(C)(C)c1ccnc(-c2[c-]cc(F)nc2F)c1.Cc1ccnc(-c2[c-]cc(F)c(C)c2F)c1.Cc1ccnc(-c2[c-]cc(F)nc2F)c1.Fc1c[c-]c(-c2ccccn2)c(F)n1.[C-]#[N+]c1c(F)c[c-]c(-c2ccccn2)c1F.[Ir].[Ir].[Ir].[Ir].[Ir].c1ccc(N=c2cccc[n-]2)nc1.c1ccc(N=c2cccc[n-]2)nc1.c1ccc(N=c2cccc[n-]2)nc1.c1ccc(N=c2cccc[n-]2)nc1.c1ccc(N=c2cccc[n-]2)nc1. The van der Waals surface area contributed by atoms with Crippen LogP contribution in [0, 0.1) is 117 Å². The Morgan fingerprint density at radius 2 is 0.537 bits per heavy atom. The molecule has 0 amide bonds. The molecule has 0 bridgehead atoms. The first kappa shape index (κ1) is 122. The van der Waals surface area contributed by atoms with Crippen LogP contribution >= 0.6 is 0 Å². The summed E-state index contributed by atoms with van der Waals surface area (Å²) < 4.78 is 131. The quantitative estimate of drug-likeness (QED) is 0.0698. The predicted octanol–water partition coefficient (Wildman–Crippen LogP) is 21.4. The molecule has 0 spiro atoms. The maximum atomic E-state index is 13.8. The van der Waals surface area contributed by atoms with Gasteiger partial charge in [-0.1, -0.05) is 307 Å². The van der Waals surface area contributed by atoms with Gasteiger partial charge in [-0.2, -0.15) is 0 Å². The molecule has 18 heterocycles. The largest absolute Gasteiger partial charge is 0.443 e. The second-order valence-electron chi connectivity index (χ2n) is 29.9. The van der Waals surface area contributed by atoms with Crippen LogP contribution in [0.15, 0.2) is 403 Å². The summed E-state index contributed by atoms with van der Waals surface area (Å²) in [6.45, 7) is 18.0. The van der Waals surface area contributed by atoms with Crippen molar-refractivity contribution >= 4 is 34.8 Å². The van der Waals surface area contributed by atoms with E-state index in [2.05, 4.69) is 171 Å². The van der Waals surface area contributed by atoms with Gasteiger partial charge in [-0.25, -0.2) is 26.3 Å². The molecule has 24 nitrogen and oxygen atoms in total. The van der Waals surface area contributed by atoms with Crippen molar-refractivity contribution in [3.05, 3.63) is 528 Å². The average Bonchev–Trinajstić information content (AvgIpc) is 0.814. The smallest absolute Gasteiger partial charge is 0.176 e. The molecule has 20 rings (SSSR count). The van der Waals surface area contributed by atoms with E-state index in [0.717, 1.165) is 47.0 Å². The van der Waals surface area contributed by atoms with Gasteiger partial charge in [-0.05, 0) is 144 Å². The summed E-state index contributed by atoms with van der Waals surface area (Å²) in [6, 6.07) is 94.1. The summed E-state index contributed by atoms with van der Waals surface area (Å²) in [5.74, 6) is -4.96. The van der Waals surface area contributed by atoms with Gasteiger partial charge in [0, 0.05) is 186 Å². The number of aromatic nitrogens is 18. The molecule has 0 aliphatic carbocycles. The molecule has 0 aliphatic rings. The third kappa shape index (κ3) is 41.9. The number of rotatable bonds is 10. The van der Waals surface area contributed by atoms with Crippen LogP contribution in [-0.2, 0) is 106 Å². The molecular weight excluding hydrogens is 2810 g/mol. The molecule has 0 atom stereocenters. The van der Waals surface area contributed by atoms with Crippen LogP contribution in [0.5, 0.6) is 0 Å². The molecule has 0 unspecified atom stereocenters. The molecule has 18 aromatic heterocycles. The van der Waals surface area contributed by atoms with E-state index < -0.39 is 64.6 Å². The fourth-order valence-corrected chi connectivity index (χ4v) is 11.4. The summed E-state index contributed by atoms with van der Waals surface area (Å²) in [5, 5.41) is 0. The van der Waals surface area contributed by atoms with Gasteiger partial charge in [-0.15, -0.1) is 48.0 Å². The van der Waals surface area contributed by atoms with Gasteiger partial charge in [-0.3, -0.25) is 62.3 Å². The number of benzene rings is 2. The number of halogens is 10. The first-order chi connectivity index (χ1) is 69.9. The molecule has 0 N–H and O–H groups in total. The van der Waals surface area contributed by atoms with Gasteiger partial charge in [0.25, 0.3) is 0 Å². The Labute approximate surface area is 918 Å². The molecule has 0 aliphatic heterocycles. The van der Waals surface area contributed by atoms with Crippen molar-refractivity contribution in [2.24, 2.45) is 25.0 Å². The molecular formula is C110H80F10Ir5N24-10. The average molecular weight is 2890 g/mol. The van der Waals surface area contributed by atoms with Crippen molar-refractivity contribution in [3.63, 3.8) is 0 Å². The van der Waals surface area contributed by atoms with Crippen LogP contribution in [0.3, 0.4) is 0 Å². The van der Waals surface area contributed by atoms with Gasteiger partial charge >= 0.3 is 0 Å². The van der Waals surface area contributed by atoms with Crippen molar-refractivity contribution in [2.75, 3.05) is 0 Å². The fourth-order valence-electron chi connectivity index (χ4n) is 11.4. The van der Waals surface area contributed by atoms with Crippen molar-refractivity contribution in [2.45, 2.75) is 47.0 Å². The molecule has 39 heteroatoms. The summed E-state index contributed by atoms with van der Waals surface area (Å²) >= 11 is 0. The van der Waals surface area contributed by atoms with E-state index in [1.165, 1.54) is 19.3 Å². The standard InChI is InChI=1S/C14H13F2N2.C13H10F2N.C12H5F2N2.C11H7F2N2.C10H5F2N2.5C10H8N3.5Ir/c1-14(2,3)9-6-7-17-11(8-9)10-4-5-12(15)18-13(10)16;1-8-5-6-16-12(7-8)10-3-4-11(14)9(2)13(10)15;1-15-12-9(13)6-5-8(11(12)14)10-4-2-3-7-16-10;1-7-4-5-14-9(6-7)8-2-3-10(12)15-11(8)13;11-9-5-4-7(10(12)14-9)8-3-1-2-6-13-8;5*1-3-7-11-9(5-1)13-10-6-2-4-8-12-10;;;;;/h5-8H,1-3H3;4-7H,1-2H3;2-4,6-7H;3-6H,1H3;1-3,5-6H;5*1-8H;;;;;/q10*-1;;;;;. The van der Waals surface area contributed by atoms with Crippen molar-refractivity contribution in [1.29, 1.82) is 0 Å². The van der Waals surface area contributed by atoms with Gasteiger partial charge in [0.05, 0.1) is 35.7 Å². The summed E-state index contributed by atoms with van der Waals surface area (Å²) in [4.78, 5) is 93.8. The van der Waals surface area contributed by atoms with E-state index in [0.29, 0.717) is 85.0 Å². The Morgan fingerprint density at radius 1 is 0.275 bits per heavy atom. The maximum Gasteiger partial charge on any atom is 0.176 e. The number of nitrogens with zero attached hydrogens (tertiary/aromatic N) is 24.